The van der Waals surface area contributed by atoms with E-state index in [1.807, 2.05) is 38.1 Å². The van der Waals surface area contributed by atoms with E-state index in [0.717, 1.165) is 18.2 Å². The maximum absolute atomic E-state index is 13.5. The minimum atomic E-state index is -4.60. The first-order chi connectivity index (χ1) is 15.2. The molecule has 1 unspecified atom stereocenters. The molecule has 32 heavy (non-hydrogen) atoms. The fourth-order valence-electron chi connectivity index (χ4n) is 2.89. The number of aromatic nitrogens is 2. The van der Waals surface area contributed by atoms with Crippen LogP contribution in [0.25, 0.3) is 0 Å². The van der Waals surface area contributed by atoms with E-state index in [4.69, 9.17) is 4.74 Å². The molecule has 0 fully saturated rings. The lowest BCUT2D eigenvalue weighted by Gasteiger charge is -2.16. The number of nitrogens with zero attached hydrogens (tertiary/aromatic N) is 2. The van der Waals surface area contributed by atoms with Crippen molar-refractivity contribution in [1.82, 2.24) is 9.97 Å². The molecule has 3 rings (SSSR count). The molecule has 2 N–H and O–H groups in total. The lowest BCUT2D eigenvalue weighted by atomic mass is 10.0. The van der Waals surface area contributed by atoms with Gasteiger partial charge in [0.2, 0.25) is 5.95 Å². The third-order valence-electron chi connectivity index (χ3n) is 4.96. The van der Waals surface area contributed by atoms with Gasteiger partial charge in [0.25, 0.3) is 0 Å². The van der Waals surface area contributed by atoms with Gasteiger partial charge in [0.15, 0.2) is 0 Å². The second-order valence-electron chi connectivity index (χ2n) is 7.84. The SMILES string of the molecule is CCC(C)Oc1ccc(Nc2nc(Nc3ccc(C(C)C)cc3)ncc2C(F)(F)F)cc1. The van der Waals surface area contributed by atoms with Crippen LogP contribution in [-0.4, -0.2) is 16.1 Å². The summed E-state index contributed by atoms with van der Waals surface area (Å²) in [6, 6.07) is 14.3. The topological polar surface area (TPSA) is 59.1 Å². The van der Waals surface area contributed by atoms with Crippen molar-refractivity contribution < 1.29 is 17.9 Å². The van der Waals surface area contributed by atoms with Gasteiger partial charge < -0.3 is 15.4 Å². The predicted molar refractivity (Wildman–Crippen MR) is 121 cm³/mol. The van der Waals surface area contributed by atoms with Crippen LogP contribution < -0.4 is 15.4 Å². The number of nitrogens with one attached hydrogen (secondary N) is 2. The lowest BCUT2D eigenvalue weighted by Crippen LogP contribution is -2.13. The fraction of sp³-hybridized carbons (Fsp3) is 0.333. The normalized spacial score (nSPS) is 12.5. The van der Waals surface area contributed by atoms with Crippen molar-refractivity contribution in [2.45, 2.75) is 52.3 Å². The molecule has 2 aromatic carbocycles. The van der Waals surface area contributed by atoms with E-state index in [9.17, 15) is 13.2 Å². The Morgan fingerprint density at radius 3 is 2.06 bits per heavy atom. The van der Waals surface area contributed by atoms with E-state index in [-0.39, 0.29) is 17.9 Å². The van der Waals surface area contributed by atoms with Crippen molar-refractivity contribution in [2.75, 3.05) is 10.6 Å². The highest BCUT2D eigenvalue weighted by Gasteiger charge is 2.35. The summed E-state index contributed by atoms with van der Waals surface area (Å²) in [6.45, 7) is 8.14. The Morgan fingerprint density at radius 2 is 1.50 bits per heavy atom. The van der Waals surface area contributed by atoms with Crippen LogP contribution in [0.3, 0.4) is 0 Å². The number of anilines is 4. The molecular formula is C24H27F3N4O. The number of benzene rings is 2. The monoisotopic (exact) mass is 444 g/mol. The number of hydrogen-bond acceptors (Lipinski definition) is 5. The summed E-state index contributed by atoms with van der Waals surface area (Å²) >= 11 is 0. The molecule has 0 saturated heterocycles. The Hall–Kier alpha value is -3.29. The molecule has 5 nitrogen and oxygen atoms in total. The van der Waals surface area contributed by atoms with Crippen molar-refractivity contribution >= 4 is 23.1 Å². The average Bonchev–Trinajstić information content (AvgIpc) is 2.74. The van der Waals surface area contributed by atoms with Crippen LogP contribution >= 0.6 is 0 Å². The Balaban J connectivity index is 1.83. The van der Waals surface area contributed by atoms with Crippen LogP contribution in [0, 0.1) is 0 Å². The van der Waals surface area contributed by atoms with E-state index in [2.05, 4.69) is 34.4 Å². The van der Waals surface area contributed by atoms with Crippen molar-refractivity contribution in [2.24, 2.45) is 0 Å². The summed E-state index contributed by atoms with van der Waals surface area (Å²) in [7, 11) is 0. The zero-order chi connectivity index (χ0) is 23.3. The number of alkyl halides is 3. The summed E-state index contributed by atoms with van der Waals surface area (Å²) in [5, 5.41) is 5.72. The van der Waals surface area contributed by atoms with E-state index < -0.39 is 11.7 Å². The summed E-state index contributed by atoms with van der Waals surface area (Å²) < 4.78 is 46.3. The van der Waals surface area contributed by atoms with Crippen molar-refractivity contribution in [3.8, 4) is 5.75 Å². The van der Waals surface area contributed by atoms with Crippen LogP contribution in [0.5, 0.6) is 5.75 Å². The molecule has 1 atom stereocenters. The summed E-state index contributed by atoms with van der Waals surface area (Å²) in [6.07, 6.45) is -2.91. The summed E-state index contributed by atoms with van der Waals surface area (Å²) in [5.41, 5.74) is 1.36. The van der Waals surface area contributed by atoms with Crippen LogP contribution in [-0.2, 0) is 6.18 Å². The highest BCUT2D eigenvalue weighted by Crippen LogP contribution is 2.35. The van der Waals surface area contributed by atoms with Gasteiger partial charge in [-0.1, -0.05) is 32.9 Å². The van der Waals surface area contributed by atoms with E-state index in [0.29, 0.717) is 23.0 Å². The van der Waals surface area contributed by atoms with Crippen molar-refractivity contribution in [1.29, 1.82) is 0 Å². The standard InChI is InChI=1S/C24H27F3N4O/c1-5-16(4)32-20-12-10-18(11-13-20)29-22-21(24(25,26)27)14-28-23(31-22)30-19-8-6-17(7-9-19)15(2)3/h6-16H,5H2,1-4H3,(H2,28,29,30,31). The van der Waals surface area contributed by atoms with Gasteiger partial charge in [0.05, 0.1) is 6.10 Å². The van der Waals surface area contributed by atoms with Gasteiger partial charge in [0, 0.05) is 17.6 Å². The van der Waals surface area contributed by atoms with Gasteiger partial charge in [-0.15, -0.1) is 0 Å². The third kappa shape index (κ3) is 6.12. The zero-order valence-corrected chi connectivity index (χ0v) is 18.5. The average molecular weight is 445 g/mol. The van der Waals surface area contributed by atoms with Crippen LogP contribution in [0.2, 0.25) is 0 Å². The summed E-state index contributed by atoms with van der Waals surface area (Å²) in [5.74, 6) is 0.763. The highest BCUT2D eigenvalue weighted by molar-refractivity contribution is 5.63. The second-order valence-corrected chi connectivity index (χ2v) is 7.84. The smallest absolute Gasteiger partial charge is 0.421 e. The van der Waals surface area contributed by atoms with Gasteiger partial charge >= 0.3 is 6.18 Å². The Morgan fingerprint density at radius 1 is 0.906 bits per heavy atom. The van der Waals surface area contributed by atoms with Crippen LogP contribution in [0.4, 0.5) is 36.3 Å². The van der Waals surface area contributed by atoms with E-state index in [1.54, 1.807) is 24.3 Å². The van der Waals surface area contributed by atoms with Crippen molar-refractivity contribution in [3.63, 3.8) is 0 Å². The lowest BCUT2D eigenvalue weighted by molar-refractivity contribution is -0.137. The van der Waals surface area contributed by atoms with E-state index in [1.165, 1.54) is 0 Å². The Labute approximate surface area is 186 Å². The van der Waals surface area contributed by atoms with Gasteiger partial charge in [0.1, 0.15) is 17.1 Å². The Kier molecular flexibility index (Phi) is 7.22. The van der Waals surface area contributed by atoms with Crippen LogP contribution in [0.1, 0.15) is 51.2 Å². The number of halogens is 3. The van der Waals surface area contributed by atoms with Gasteiger partial charge in [-0.25, -0.2) is 4.98 Å². The molecule has 8 heteroatoms. The maximum atomic E-state index is 13.5. The first-order valence-corrected chi connectivity index (χ1v) is 10.5. The zero-order valence-electron chi connectivity index (χ0n) is 18.5. The molecule has 0 saturated carbocycles. The molecule has 0 radical (unpaired) electrons. The predicted octanol–water partition coefficient (Wildman–Crippen LogP) is 7.28. The first kappa shape index (κ1) is 23.4. The first-order valence-electron chi connectivity index (χ1n) is 10.5. The highest BCUT2D eigenvalue weighted by atomic mass is 19.4. The number of ether oxygens (including phenoxy) is 1. The Bertz CT molecular complexity index is 1020. The fourth-order valence-corrected chi connectivity index (χ4v) is 2.89. The van der Waals surface area contributed by atoms with Gasteiger partial charge in [-0.2, -0.15) is 18.2 Å². The summed E-state index contributed by atoms with van der Waals surface area (Å²) in [4.78, 5) is 7.94. The van der Waals surface area contributed by atoms with Gasteiger partial charge in [-0.05, 0) is 61.2 Å². The third-order valence-corrected chi connectivity index (χ3v) is 4.96. The molecule has 0 bridgehead atoms. The molecule has 0 aliphatic heterocycles. The molecule has 1 aromatic heterocycles. The molecule has 1 heterocycles. The minimum absolute atomic E-state index is 0.0516. The molecule has 0 aliphatic carbocycles. The van der Waals surface area contributed by atoms with Crippen molar-refractivity contribution in [3.05, 3.63) is 65.9 Å². The number of rotatable bonds is 8. The number of hydrogen-bond donors (Lipinski definition) is 2. The largest absolute Gasteiger partial charge is 0.491 e. The minimum Gasteiger partial charge on any atom is -0.491 e. The maximum Gasteiger partial charge on any atom is 0.421 e. The quantitative estimate of drug-likeness (QED) is 0.382. The molecule has 3 aromatic rings. The molecular weight excluding hydrogens is 417 g/mol. The van der Waals surface area contributed by atoms with Gasteiger partial charge in [-0.3, -0.25) is 0 Å². The molecule has 0 spiro atoms. The van der Waals surface area contributed by atoms with E-state index >= 15 is 0 Å². The molecule has 170 valence electrons. The molecule has 0 amide bonds. The second kappa shape index (κ2) is 9.89. The van der Waals surface area contributed by atoms with Crippen LogP contribution in [0.15, 0.2) is 54.7 Å². The molecule has 0 aliphatic rings.